The molecule has 102 valence electrons. The molecular formula is C15H12ClFN2O. The van der Waals surface area contributed by atoms with E-state index in [4.69, 9.17) is 11.6 Å². The van der Waals surface area contributed by atoms with Crippen LogP contribution in [0.2, 0.25) is 5.15 Å². The topological polar surface area (TPSA) is 42.0 Å². The zero-order valence-electron chi connectivity index (χ0n) is 10.5. The molecule has 1 heterocycles. The van der Waals surface area contributed by atoms with Crippen LogP contribution < -0.4 is 5.32 Å². The highest BCUT2D eigenvalue weighted by Crippen LogP contribution is 2.40. The predicted octanol–water partition coefficient (Wildman–Crippen LogP) is 3.16. The zero-order valence-corrected chi connectivity index (χ0v) is 11.3. The largest absolute Gasteiger partial charge is 0.349 e. The van der Waals surface area contributed by atoms with Crippen molar-refractivity contribution in [2.45, 2.75) is 18.4 Å². The lowest BCUT2D eigenvalue weighted by atomic mass is 10.1. The summed E-state index contributed by atoms with van der Waals surface area (Å²) < 4.78 is 13.1. The quantitative estimate of drug-likeness (QED) is 0.882. The number of benzene rings is 1. The minimum Gasteiger partial charge on any atom is -0.349 e. The molecule has 1 aromatic carbocycles. The molecule has 5 heteroatoms. The molecule has 1 saturated carbocycles. The monoisotopic (exact) mass is 290 g/mol. The smallest absolute Gasteiger partial charge is 0.254 e. The van der Waals surface area contributed by atoms with Crippen molar-refractivity contribution in [3.05, 3.63) is 64.7 Å². The normalized spacial score (nSPS) is 20.5. The second-order valence-corrected chi connectivity index (χ2v) is 5.18. The highest BCUT2D eigenvalue weighted by Gasteiger charge is 2.39. The van der Waals surface area contributed by atoms with Crippen molar-refractivity contribution in [1.29, 1.82) is 0 Å². The number of rotatable bonds is 3. The molecular weight excluding hydrogens is 279 g/mol. The van der Waals surface area contributed by atoms with Gasteiger partial charge in [0, 0.05) is 12.0 Å². The van der Waals surface area contributed by atoms with E-state index in [-0.39, 0.29) is 22.7 Å². The van der Waals surface area contributed by atoms with Crippen LogP contribution in [-0.4, -0.2) is 16.9 Å². The van der Waals surface area contributed by atoms with Crippen LogP contribution in [0.4, 0.5) is 4.39 Å². The Hall–Kier alpha value is -1.94. The molecule has 3 nitrogen and oxygen atoms in total. The van der Waals surface area contributed by atoms with Gasteiger partial charge in [0.2, 0.25) is 0 Å². The summed E-state index contributed by atoms with van der Waals surface area (Å²) in [5, 5.41) is 2.87. The van der Waals surface area contributed by atoms with E-state index in [1.54, 1.807) is 0 Å². The average Bonchev–Trinajstić information content (AvgIpc) is 3.21. The molecule has 0 radical (unpaired) electrons. The fourth-order valence-electron chi connectivity index (χ4n) is 2.25. The Morgan fingerprint density at radius 2 is 2.10 bits per heavy atom. The Bertz CT molecular complexity index is 648. The van der Waals surface area contributed by atoms with Crippen molar-refractivity contribution in [2.24, 2.45) is 0 Å². The maximum absolute atomic E-state index is 13.1. The second-order valence-electron chi connectivity index (χ2n) is 4.82. The fraction of sp³-hybridized carbons (Fsp3) is 0.200. The number of amides is 1. The summed E-state index contributed by atoms with van der Waals surface area (Å²) in [6.45, 7) is 0. The molecule has 1 amide bonds. The van der Waals surface area contributed by atoms with Gasteiger partial charge in [-0.3, -0.25) is 4.79 Å². The molecule has 0 saturated heterocycles. The zero-order chi connectivity index (χ0) is 14.1. The third-order valence-electron chi connectivity index (χ3n) is 3.38. The molecule has 1 aliphatic rings. The summed E-state index contributed by atoms with van der Waals surface area (Å²) in [6.07, 6.45) is 1.87. The average molecular weight is 291 g/mol. The first-order valence-corrected chi connectivity index (χ1v) is 6.70. The summed E-state index contributed by atoms with van der Waals surface area (Å²) in [5.41, 5.74) is 1.27. The number of carbonyl (C=O) groups is 1. The molecule has 1 aliphatic carbocycles. The lowest BCUT2D eigenvalue weighted by Gasteiger charge is -2.06. The van der Waals surface area contributed by atoms with Gasteiger partial charge in [-0.15, -0.1) is 0 Å². The van der Waals surface area contributed by atoms with Gasteiger partial charge < -0.3 is 5.32 Å². The van der Waals surface area contributed by atoms with E-state index in [1.807, 2.05) is 30.3 Å². The van der Waals surface area contributed by atoms with Crippen LogP contribution in [0.5, 0.6) is 0 Å². The van der Waals surface area contributed by atoms with E-state index in [2.05, 4.69) is 10.3 Å². The SMILES string of the molecule is O=C(NC1CC1c1ccccc1)c1cc(F)cnc1Cl. The maximum atomic E-state index is 13.1. The third kappa shape index (κ3) is 2.65. The summed E-state index contributed by atoms with van der Waals surface area (Å²) in [7, 11) is 0. The number of pyridine rings is 1. The van der Waals surface area contributed by atoms with E-state index in [0.29, 0.717) is 5.92 Å². The van der Waals surface area contributed by atoms with Crippen LogP contribution in [0.3, 0.4) is 0 Å². The van der Waals surface area contributed by atoms with E-state index in [9.17, 15) is 9.18 Å². The standard InChI is InChI=1S/C15H12ClFN2O/c16-14-12(6-10(17)8-18-14)15(20)19-13-7-11(13)9-4-2-1-3-5-9/h1-6,8,11,13H,7H2,(H,19,20). The minimum atomic E-state index is -0.574. The van der Waals surface area contributed by atoms with Gasteiger partial charge in [-0.25, -0.2) is 9.37 Å². The predicted molar refractivity (Wildman–Crippen MR) is 74.3 cm³/mol. The Labute approximate surface area is 120 Å². The van der Waals surface area contributed by atoms with Crippen molar-refractivity contribution in [2.75, 3.05) is 0 Å². The van der Waals surface area contributed by atoms with E-state index in [0.717, 1.165) is 18.7 Å². The highest BCUT2D eigenvalue weighted by molar-refractivity contribution is 6.32. The number of halogens is 2. The minimum absolute atomic E-state index is 0.0146. The second kappa shape index (κ2) is 5.21. The first-order chi connectivity index (χ1) is 9.65. The molecule has 1 N–H and O–H groups in total. The lowest BCUT2D eigenvalue weighted by Crippen LogP contribution is -2.27. The molecule has 3 rings (SSSR count). The summed E-state index contributed by atoms with van der Waals surface area (Å²) in [5.74, 6) is -0.638. The molecule has 0 bridgehead atoms. The van der Waals surface area contributed by atoms with Gasteiger partial charge in [-0.2, -0.15) is 0 Å². The number of hydrogen-bond acceptors (Lipinski definition) is 2. The maximum Gasteiger partial charge on any atom is 0.254 e. The highest BCUT2D eigenvalue weighted by atomic mass is 35.5. The van der Waals surface area contributed by atoms with Gasteiger partial charge in [0.15, 0.2) is 0 Å². The van der Waals surface area contributed by atoms with Crippen LogP contribution in [0, 0.1) is 5.82 Å². The summed E-state index contributed by atoms with van der Waals surface area (Å²) in [4.78, 5) is 15.7. The first kappa shape index (κ1) is 13.1. The Balaban J connectivity index is 1.68. The van der Waals surface area contributed by atoms with Crippen LogP contribution in [-0.2, 0) is 0 Å². The number of nitrogens with zero attached hydrogens (tertiary/aromatic N) is 1. The van der Waals surface area contributed by atoms with Crippen molar-refractivity contribution >= 4 is 17.5 Å². The van der Waals surface area contributed by atoms with Gasteiger partial charge in [0.05, 0.1) is 11.8 Å². The molecule has 2 aromatic rings. The first-order valence-electron chi connectivity index (χ1n) is 6.32. The van der Waals surface area contributed by atoms with Gasteiger partial charge in [-0.1, -0.05) is 41.9 Å². The van der Waals surface area contributed by atoms with Crippen LogP contribution in [0.1, 0.15) is 28.3 Å². The van der Waals surface area contributed by atoms with Crippen molar-refractivity contribution in [3.63, 3.8) is 0 Å². The number of hydrogen-bond donors (Lipinski definition) is 1. The number of nitrogens with one attached hydrogen (secondary N) is 1. The van der Waals surface area contributed by atoms with Crippen molar-refractivity contribution in [3.8, 4) is 0 Å². The Kier molecular flexibility index (Phi) is 3.40. The van der Waals surface area contributed by atoms with Gasteiger partial charge in [0.25, 0.3) is 5.91 Å². The number of carbonyl (C=O) groups excluding carboxylic acids is 1. The van der Waals surface area contributed by atoms with Gasteiger partial charge in [0.1, 0.15) is 11.0 Å². The van der Waals surface area contributed by atoms with E-state index < -0.39 is 5.82 Å². The third-order valence-corrected chi connectivity index (χ3v) is 3.69. The summed E-state index contributed by atoms with van der Waals surface area (Å²) in [6, 6.07) is 11.1. The van der Waals surface area contributed by atoms with Crippen LogP contribution in [0.15, 0.2) is 42.6 Å². The molecule has 2 atom stereocenters. The van der Waals surface area contributed by atoms with Crippen molar-refractivity contribution in [1.82, 2.24) is 10.3 Å². The molecule has 0 aliphatic heterocycles. The van der Waals surface area contributed by atoms with Gasteiger partial charge in [-0.05, 0) is 18.1 Å². The van der Waals surface area contributed by atoms with E-state index in [1.165, 1.54) is 5.56 Å². The molecule has 1 aromatic heterocycles. The molecule has 2 unspecified atom stereocenters. The molecule has 0 spiro atoms. The van der Waals surface area contributed by atoms with Crippen LogP contribution >= 0.6 is 11.6 Å². The fourth-order valence-corrected chi connectivity index (χ4v) is 2.44. The van der Waals surface area contributed by atoms with E-state index >= 15 is 0 Å². The van der Waals surface area contributed by atoms with Crippen LogP contribution in [0.25, 0.3) is 0 Å². The summed E-state index contributed by atoms with van der Waals surface area (Å²) >= 11 is 5.81. The van der Waals surface area contributed by atoms with Crippen molar-refractivity contribution < 1.29 is 9.18 Å². The molecule has 20 heavy (non-hydrogen) atoms. The van der Waals surface area contributed by atoms with Gasteiger partial charge >= 0.3 is 0 Å². The molecule has 1 fully saturated rings. The Morgan fingerprint density at radius 3 is 2.85 bits per heavy atom. The lowest BCUT2D eigenvalue weighted by molar-refractivity contribution is 0.0949. The Morgan fingerprint density at radius 1 is 1.35 bits per heavy atom. The number of aromatic nitrogens is 1.